The molecule has 0 bridgehead atoms. The first-order chi connectivity index (χ1) is 15.1. The van der Waals surface area contributed by atoms with Crippen LogP contribution in [0.4, 0.5) is 19.7 Å². The van der Waals surface area contributed by atoms with Crippen molar-refractivity contribution >= 4 is 34.4 Å². The molecule has 8 heteroatoms. The Kier molecular flexibility index (Phi) is 5.97. The van der Waals surface area contributed by atoms with Crippen molar-refractivity contribution in [3.63, 3.8) is 0 Å². The van der Waals surface area contributed by atoms with Crippen molar-refractivity contribution in [2.24, 2.45) is 17.1 Å². The van der Waals surface area contributed by atoms with Gasteiger partial charge < -0.3 is 16.0 Å². The highest BCUT2D eigenvalue weighted by Crippen LogP contribution is 2.40. The third-order valence-electron chi connectivity index (χ3n) is 6.87. The number of carbonyl (C=O) groups excluding carboxylic acids is 3. The lowest BCUT2D eigenvalue weighted by Crippen LogP contribution is -2.43. The first kappa shape index (κ1) is 22.3. The number of rotatable bonds is 4. The van der Waals surface area contributed by atoms with Crippen molar-refractivity contribution < 1.29 is 18.8 Å². The number of carbonyl (C=O) groups is 3. The molecule has 1 aromatic heterocycles. The van der Waals surface area contributed by atoms with Crippen LogP contribution in [0.3, 0.4) is 0 Å². The first-order valence-corrected chi connectivity index (χ1v) is 11.3. The number of halogens is 1. The lowest BCUT2D eigenvalue weighted by Gasteiger charge is -2.35. The largest absolute Gasteiger partial charge is 0.351 e. The predicted octanol–water partition coefficient (Wildman–Crippen LogP) is 4.69. The number of benzene rings is 1. The number of likely N-dealkylation sites (tertiary alicyclic amines) is 1. The normalized spacial score (nSPS) is 25.1. The highest BCUT2D eigenvalue weighted by atomic mass is 19.1. The number of hydrogen-bond acceptors (Lipinski definition) is 3. The van der Waals surface area contributed by atoms with E-state index in [4.69, 9.17) is 5.73 Å². The highest BCUT2D eigenvalue weighted by Gasteiger charge is 2.41. The van der Waals surface area contributed by atoms with Gasteiger partial charge in [-0.2, -0.15) is 0 Å². The van der Waals surface area contributed by atoms with Gasteiger partial charge in [-0.25, -0.2) is 14.0 Å². The molecule has 1 saturated heterocycles. The van der Waals surface area contributed by atoms with Gasteiger partial charge in [0.2, 0.25) is 0 Å². The number of fused-ring (bicyclic) bond motifs is 1. The van der Waals surface area contributed by atoms with Crippen LogP contribution < -0.4 is 11.1 Å². The van der Waals surface area contributed by atoms with Crippen LogP contribution in [0.15, 0.2) is 30.5 Å². The number of aromatic nitrogens is 1. The zero-order valence-electron chi connectivity index (χ0n) is 18.6. The quantitative estimate of drug-likeness (QED) is 0.719. The van der Waals surface area contributed by atoms with E-state index in [0.717, 1.165) is 25.7 Å². The number of ketones is 1. The van der Waals surface area contributed by atoms with Crippen LogP contribution in [0.5, 0.6) is 0 Å². The number of Topliss-reactive ketones (excluding diaryl/α,β-unsaturated/α-hetero) is 1. The molecule has 3 amide bonds. The number of alkyl halides is 1. The highest BCUT2D eigenvalue weighted by molar-refractivity contribution is 6.05. The standard InChI is InChI=1S/C24H31FN4O3/c1-24(2)9-5-6-15(12-24)10-21(30)20-11-16(25)13-29(20)23(32)27-18-14-28(22(26)31)19-8-4-3-7-17(18)19/h3-4,7-8,14-16,20H,5-6,9-13H2,1-2H3,(H2,26,31)(H,27,32)/t15-,16+,20-/m0/s1. The number of urea groups is 1. The molecule has 7 nitrogen and oxygen atoms in total. The van der Waals surface area contributed by atoms with E-state index in [9.17, 15) is 18.8 Å². The Hall–Kier alpha value is -2.90. The Morgan fingerprint density at radius 2 is 2.00 bits per heavy atom. The summed E-state index contributed by atoms with van der Waals surface area (Å²) < 4.78 is 15.6. The van der Waals surface area contributed by atoms with E-state index in [-0.39, 0.29) is 30.1 Å². The Bertz CT molecular complexity index is 1050. The molecule has 2 fully saturated rings. The first-order valence-electron chi connectivity index (χ1n) is 11.3. The summed E-state index contributed by atoms with van der Waals surface area (Å²) in [7, 11) is 0. The molecule has 2 aromatic rings. The van der Waals surface area contributed by atoms with Gasteiger partial charge in [-0.1, -0.05) is 38.5 Å². The molecule has 2 aliphatic rings. The molecular weight excluding hydrogens is 411 g/mol. The summed E-state index contributed by atoms with van der Waals surface area (Å²) >= 11 is 0. The summed E-state index contributed by atoms with van der Waals surface area (Å²) in [5, 5.41) is 3.41. The third kappa shape index (κ3) is 4.49. The fraction of sp³-hybridized carbons (Fsp3) is 0.542. The molecule has 1 aliphatic carbocycles. The Labute approximate surface area is 187 Å². The molecule has 32 heavy (non-hydrogen) atoms. The zero-order valence-corrected chi connectivity index (χ0v) is 18.6. The molecule has 3 atom stereocenters. The minimum absolute atomic E-state index is 0.0331. The van der Waals surface area contributed by atoms with Crippen molar-refractivity contribution in [1.29, 1.82) is 0 Å². The summed E-state index contributed by atoms with van der Waals surface area (Å²) in [5.41, 5.74) is 6.61. The van der Waals surface area contributed by atoms with Gasteiger partial charge in [0.1, 0.15) is 6.17 Å². The molecule has 2 heterocycles. The number of hydrogen-bond donors (Lipinski definition) is 2. The number of nitrogens with one attached hydrogen (secondary N) is 1. The summed E-state index contributed by atoms with van der Waals surface area (Å²) in [6.45, 7) is 4.32. The minimum atomic E-state index is -1.23. The van der Waals surface area contributed by atoms with Gasteiger partial charge in [0.05, 0.1) is 23.8 Å². The second-order valence-electron chi connectivity index (χ2n) is 10.00. The Morgan fingerprint density at radius 3 is 2.72 bits per heavy atom. The van der Waals surface area contributed by atoms with Crippen LogP contribution in [0.25, 0.3) is 10.9 Å². The van der Waals surface area contributed by atoms with Crippen molar-refractivity contribution in [2.75, 3.05) is 11.9 Å². The smallest absolute Gasteiger partial charge is 0.323 e. The fourth-order valence-electron chi connectivity index (χ4n) is 5.41. The van der Waals surface area contributed by atoms with Crippen LogP contribution in [-0.4, -0.2) is 46.1 Å². The van der Waals surface area contributed by atoms with Gasteiger partial charge in [-0.05, 0) is 36.7 Å². The summed E-state index contributed by atoms with van der Waals surface area (Å²) in [4.78, 5) is 39.2. The van der Waals surface area contributed by atoms with Crippen LogP contribution >= 0.6 is 0 Å². The van der Waals surface area contributed by atoms with E-state index in [1.165, 1.54) is 15.7 Å². The van der Waals surface area contributed by atoms with Gasteiger partial charge in [0, 0.05) is 24.4 Å². The van der Waals surface area contributed by atoms with Crippen molar-refractivity contribution in [2.45, 2.75) is 64.6 Å². The van der Waals surface area contributed by atoms with Gasteiger partial charge in [-0.3, -0.25) is 9.36 Å². The second-order valence-corrected chi connectivity index (χ2v) is 10.00. The van der Waals surface area contributed by atoms with Crippen molar-refractivity contribution in [3.05, 3.63) is 30.5 Å². The molecule has 0 radical (unpaired) electrons. The van der Waals surface area contributed by atoms with Crippen LogP contribution in [0, 0.1) is 11.3 Å². The number of primary amides is 1. The molecule has 0 spiro atoms. The molecule has 172 valence electrons. The fourth-order valence-corrected chi connectivity index (χ4v) is 5.41. The maximum absolute atomic E-state index is 14.3. The maximum Gasteiger partial charge on any atom is 0.323 e. The molecule has 3 N–H and O–H groups in total. The summed E-state index contributed by atoms with van der Waals surface area (Å²) in [5.74, 6) is 0.214. The van der Waals surface area contributed by atoms with E-state index < -0.39 is 24.3 Å². The number of para-hydroxylation sites is 1. The average molecular weight is 443 g/mol. The Morgan fingerprint density at radius 1 is 1.25 bits per heavy atom. The van der Waals surface area contributed by atoms with Crippen LogP contribution in [0.1, 0.15) is 52.4 Å². The second kappa shape index (κ2) is 8.56. The van der Waals surface area contributed by atoms with E-state index in [1.54, 1.807) is 24.3 Å². The number of amides is 3. The number of nitrogens with zero attached hydrogens (tertiary/aromatic N) is 2. The van der Waals surface area contributed by atoms with E-state index >= 15 is 0 Å². The summed E-state index contributed by atoms with van der Waals surface area (Å²) in [6, 6.07) is 5.06. The van der Waals surface area contributed by atoms with E-state index in [1.807, 2.05) is 0 Å². The minimum Gasteiger partial charge on any atom is -0.351 e. The van der Waals surface area contributed by atoms with Crippen LogP contribution in [-0.2, 0) is 4.79 Å². The maximum atomic E-state index is 14.3. The van der Waals surface area contributed by atoms with Crippen molar-refractivity contribution in [3.8, 4) is 0 Å². The lowest BCUT2D eigenvalue weighted by atomic mass is 9.70. The molecular formula is C24H31FN4O3. The average Bonchev–Trinajstić information content (AvgIpc) is 3.28. The number of nitrogens with two attached hydrogens (primary N) is 1. The zero-order chi connectivity index (χ0) is 23.0. The molecule has 0 unspecified atom stereocenters. The molecule has 1 aliphatic heterocycles. The summed E-state index contributed by atoms with van der Waals surface area (Å²) in [6.07, 6.45) is 4.86. The van der Waals surface area contributed by atoms with E-state index in [0.29, 0.717) is 23.0 Å². The predicted molar refractivity (Wildman–Crippen MR) is 121 cm³/mol. The van der Waals surface area contributed by atoms with Gasteiger partial charge in [-0.15, -0.1) is 0 Å². The lowest BCUT2D eigenvalue weighted by molar-refractivity contribution is -0.124. The SMILES string of the molecule is CC1(C)CCC[C@@H](CC(=O)[C@@H]2C[C@@H](F)CN2C(=O)Nc2cn(C(N)=O)c3ccccc23)C1. The number of anilines is 1. The van der Waals surface area contributed by atoms with Gasteiger partial charge in [0.25, 0.3) is 0 Å². The van der Waals surface area contributed by atoms with Crippen LogP contribution in [0.2, 0.25) is 0 Å². The molecule has 1 saturated carbocycles. The van der Waals surface area contributed by atoms with Crippen molar-refractivity contribution in [1.82, 2.24) is 9.47 Å². The molecule has 1 aromatic carbocycles. The Balaban J connectivity index is 1.50. The monoisotopic (exact) mass is 442 g/mol. The van der Waals surface area contributed by atoms with Gasteiger partial charge in [0.15, 0.2) is 5.78 Å². The topological polar surface area (TPSA) is 97.4 Å². The van der Waals surface area contributed by atoms with Gasteiger partial charge >= 0.3 is 12.1 Å². The van der Waals surface area contributed by atoms with E-state index in [2.05, 4.69) is 19.2 Å². The third-order valence-corrected chi connectivity index (χ3v) is 6.87. The molecule has 4 rings (SSSR count).